The molecule has 1 fully saturated rings. The lowest BCUT2D eigenvalue weighted by Gasteiger charge is -2.27. The summed E-state index contributed by atoms with van der Waals surface area (Å²) in [4.78, 5) is 21.6. The van der Waals surface area contributed by atoms with Gasteiger partial charge in [-0.25, -0.2) is 9.78 Å². The van der Waals surface area contributed by atoms with Crippen LogP contribution in [0.15, 0.2) is 11.1 Å². The number of aryl methyl sites for hydroxylation is 1. The number of piperidine rings is 1. The van der Waals surface area contributed by atoms with E-state index >= 15 is 0 Å². The minimum absolute atomic E-state index is 0.136. The third-order valence-corrected chi connectivity index (χ3v) is 3.21. The van der Waals surface area contributed by atoms with E-state index in [4.69, 9.17) is 4.74 Å². The van der Waals surface area contributed by atoms with E-state index in [2.05, 4.69) is 14.9 Å². The predicted octanol–water partition coefficient (Wildman–Crippen LogP) is 1.48. The first kappa shape index (κ1) is 14.4. The molecule has 0 bridgehead atoms. The first-order chi connectivity index (χ1) is 9.61. The first-order valence-electron chi connectivity index (χ1n) is 6.88. The fraction of sp³-hybridized carbons (Fsp3) is 0.615. The lowest BCUT2D eigenvalue weighted by Crippen LogP contribution is -2.33. The van der Waals surface area contributed by atoms with Crippen molar-refractivity contribution in [2.24, 2.45) is 4.99 Å². The summed E-state index contributed by atoms with van der Waals surface area (Å²) in [5.74, 6) is 1.12. The molecular formula is C13H20N4O3. The van der Waals surface area contributed by atoms with Crippen LogP contribution in [-0.2, 0) is 4.74 Å². The van der Waals surface area contributed by atoms with Gasteiger partial charge >= 0.3 is 6.09 Å². The molecule has 0 spiro atoms. The summed E-state index contributed by atoms with van der Waals surface area (Å²) < 4.78 is 5.56. The highest BCUT2D eigenvalue weighted by Crippen LogP contribution is 2.16. The van der Waals surface area contributed by atoms with Crippen LogP contribution in [0.4, 0.5) is 10.6 Å². The molecule has 110 valence electrons. The zero-order valence-corrected chi connectivity index (χ0v) is 11.9. The fourth-order valence-electron chi connectivity index (χ4n) is 2.20. The lowest BCUT2D eigenvalue weighted by atomic mass is 10.1. The molecule has 0 saturated carbocycles. The summed E-state index contributed by atoms with van der Waals surface area (Å²) in [6, 6.07) is 1.61. The number of rotatable bonds is 2. The smallest absolute Gasteiger partial charge is 0.435 e. The molecule has 0 unspecified atom stereocenters. The normalized spacial score (nSPS) is 16.3. The summed E-state index contributed by atoms with van der Waals surface area (Å²) in [6.07, 6.45) is 2.76. The van der Waals surface area contributed by atoms with Gasteiger partial charge in [0.15, 0.2) is 5.49 Å². The fourth-order valence-corrected chi connectivity index (χ4v) is 2.20. The molecule has 0 radical (unpaired) electrons. The average molecular weight is 280 g/mol. The van der Waals surface area contributed by atoms with Crippen LogP contribution in [0.3, 0.4) is 0 Å². The number of ether oxygens (including phenoxy) is 1. The van der Waals surface area contributed by atoms with Crippen molar-refractivity contribution in [3.05, 3.63) is 17.4 Å². The van der Waals surface area contributed by atoms with Gasteiger partial charge in [-0.3, -0.25) is 0 Å². The zero-order valence-electron chi connectivity index (χ0n) is 11.9. The molecule has 7 heteroatoms. The maximum Gasteiger partial charge on any atom is 0.435 e. The van der Waals surface area contributed by atoms with Gasteiger partial charge in [-0.05, 0) is 33.1 Å². The lowest BCUT2D eigenvalue weighted by molar-refractivity contribution is 0.149. The van der Waals surface area contributed by atoms with Crippen LogP contribution in [0.1, 0.15) is 32.0 Å². The molecule has 20 heavy (non-hydrogen) atoms. The van der Waals surface area contributed by atoms with E-state index in [1.165, 1.54) is 6.42 Å². The number of anilines is 1. The van der Waals surface area contributed by atoms with Gasteiger partial charge in [-0.15, -0.1) is 0 Å². The van der Waals surface area contributed by atoms with Gasteiger partial charge in [0.05, 0.1) is 6.61 Å². The first-order valence-corrected chi connectivity index (χ1v) is 6.88. The summed E-state index contributed by atoms with van der Waals surface area (Å²) in [7, 11) is 0. The quantitative estimate of drug-likeness (QED) is 0.830. The number of hydrogen-bond acceptors (Lipinski definition) is 5. The Morgan fingerprint density at radius 1 is 1.45 bits per heavy atom. The monoisotopic (exact) mass is 280 g/mol. The number of nitrogens with zero attached hydrogens (tertiary/aromatic N) is 4. The molecule has 0 aromatic carbocycles. The molecule has 1 amide bonds. The second-order valence-corrected chi connectivity index (χ2v) is 4.69. The van der Waals surface area contributed by atoms with E-state index in [-0.39, 0.29) is 12.1 Å². The summed E-state index contributed by atoms with van der Waals surface area (Å²) in [5, 5.41) is 9.87. The van der Waals surface area contributed by atoms with Crippen molar-refractivity contribution >= 4 is 11.9 Å². The minimum atomic E-state index is -0.717. The maximum absolute atomic E-state index is 11.4. The van der Waals surface area contributed by atoms with Crippen molar-refractivity contribution in [3.63, 3.8) is 0 Å². The molecule has 1 aromatic heterocycles. The molecule has 2 rings (SSSR count). The van der Waals surface area contributed by atoms with Crippen LogP contribution in [-0.4, -0.2) is 40.7 Å². The van der Waals surface area contributed by atoms with E-state index in [1.807, 2.05) is 0 Å². The van der Waals surface area contributed by atoms with Crippen LogP contribution in [0, 0.1) is 6.92 Å². The van der Waals surface area contributed by atoms with Crippen molar-refractivity contribution < 1.29 is 14.7 Å². The van der Waals surface area contributed by atoms with Crippen molar-refractivity contribution in [3.8, 4) is 0 Å². The van der Waals surface area contributed by atoms with Gasteiger partial charge < -0.3 is 14.8 Å². The molecule has 1 aliphatic rings. The Morgan fingerprint density at radius 2 is 2.15 bits per heavy atom. The number of aromatic nitrogens is 2. The SMILES string of the molecule is CCOC(=O)N=c1cc(N2CCCCC2)nc(C)n1O. The molecule has 1 aliphatic heterocycles. The van der Waals surface area contributed by atoms with Gasteiger partial charge in [0.1, 0.15) is 11.6 Å². The van der Waals surface area contributed by atoms with Crippen LogP contribution in [0.5, 0.6) is 0 Å². The standard InChI is InChI=1S/C13H20N4O3/c1-3-20-13(18)15-12-9-11(14-10(2)17(12)19)16-7-5-4-6-8-16/h9,19H,3-8H2,1-2H3. The Balaban J connectivity index is 2.36. The van der Waals surface area contributed by atoms with Gasteiger partial charge in [-0.2, -0.15) is 9.72 Å². The second kappa shape index (κ2) is 6.40. The molecule has 1 aromatic rings. The topological polar surface area (TPSA) is 80.0 Å². The van der Waals surface area contributed by atoms with E-state index in [1.54, 1.807) is 19.9 Å². The number of carbonyl (C=O) groups is 1. The Morgan fingerprint density at radius 3 is 2.80 bits per heavy atom. The number of hydrogen-bond donors (Lipinski definition) is 1. The molecule has 1 N–H and O–H groups in total. The number of carbonyl (C=O) groups excluding carboxylic acids is 1. The highest BCUT2D eigenvalue weighted by Gasteiger charge is 2.14. The minimum Gasteiger partial charge on any atom is -0.448 e. The summed E-state index contributed by atoms with van der Waals surface area (Å²) in [5.41, 5.74) is 0.136. The summed E-state index contributed by atoms with van der Waals surface area (Å²) in [6.45, 7) is 5.48. The van der Waals surface area contributed by atoms with Crippen LogP contribution in [0.25, 0.3) is 0 Å². The molecule has 0 atom stereocenters. The van der Waals surface area contributed by atoms with Crippen molar-refractivity contribution in [2.75, 3.05) is 24.6 Å². The van der Waals surface area contributed by atoms with E-state index in [0.29, 0.717) is 5.82 Å². The number of amides is 1. The van der Waals surface area contributed by atoms with Gasteiger partial charge in [0.25, 0.3) is 0 Å². The van der Waals surface area contributed by atoms with Crippen LogP contribution < -0.4 is 10.4 Å². The van der Waals surface area contributed by atoms with E-state index < -0.39 is 6.09 Å². The molecule has 2 heterocycles. The predicted molar refractivity (Wildman–Crippen MR) is 72.8 cm³/mol. The molecule has 0 aliphatic carbocycles. The highest BCUT2D eigenvalue weighted by molar-refractivity contribution is 5.68. The Hall–Kier alpha value is -2.05. The van der Waals surface area contributed by atoms with Crippen molar-refractivity contribution in [1.29, 1.82) is 0 Å². The van der Waals surface area contributed by atoms with E-state index in [9.17, 15) is 10.0 Å². The Kier molecular flexibility index (Phi) is 4.60. The Labute approximate surface area is 117 Å². The molecule has 1 saturated heterocycles. The van der Waals surface area contributed by atoms with Crippen molar-refractivity contribution in [2.45, 2.75) is 33.1 Å². The Bertz CT molecular complexity index is 547. The van der Waals surface area contributed by atoms with Gasteiger partial charge in [0.2, 0.25) is 0 Å². The highest BCUT2D eigenvalue weighted by atomic mass is 16.5. The third-order valence-electron chi connectivity index (χ3n) is 3.21. The largest absolute Gasteiger partial charge is 0.448 e. The van der Waals surface area contributed by atoms with Crippen LogP contribution >= 0.6 is 0 Å². The third kappa shape index (κ3) is 3.28. The zero-order chi connectivity index (χ0) is 14.5. The second-order valence-electron chi connectivity index (χ2n) is 4.69. The van der Waals surface area contributed by atoms with E-state index in [0.717, 1.165) is 36.5 Å². The van der Waals surface area contributed by atoms with Crippen molar-refractivity contribution in [1.82, 2.24) is 9.71 Å². The maximum atomic E-state index is 11.4. The molecular weight excluding hydrogens is 260 g/mol. The van der Waals surface area contributed by atoms with Gasteiger partial charge in [0, 0.05) is 19.2 Å². The summed E-state index contributed by atoms with van der Waals surface area (Å²) >= 11 is 0. The molecule has 7 nitrogen and oxygen atoms in total. The van der Waals surface area contributed by atoms with Gasteiger partial charge in [-0.1, -0.05) is 0 Å². The average Bonchev–Trinajstić information content (AvgIpc) is 2.45. The van der Waals surface area contributed by atoms with Crippen LogP contribution in [0.2, 0.25) is 0 Å².